The maximum Gasteiger partial charge on any atom is 0.0414 e. The van der Waals surface area contributed by atoms with E-state index in [0.717, 1.165) is 6.42 Å². The lowest BCUT2D eigenvalue weighted by molar-refractivity contribution is 0.296. The lowest BCUT2D eigenvalue weighted by atomic mass is 10.2. The first kappa shape index (κ1) is 9.24. The van der Waals surface area contributed by atoms with Crippen LogP contribution >= 0.6 is 0 Å². The van der Waals surface area contributed by atoms with E-state index in [1.165, 1.54) is 0 Å². The first-order chi connectivity index (χ1) is 4.72. The van der Waals surface area contributed by atoms with Gasteiger partial charge in [-0.25, -0.2) is 5.84 Å². The number of allylic oxidation sites excluding steroid dienone is 2. The van der Waals surface area contributed by atoms with Gasteiger partial charge in [0.15, 0.2) is 0 Å². The summed E-state index contributed by atoms with van der Waals surface area (Å²) in [6, 6.07) is 0.399. The van der Waals surface area contributed by atoms with Gasteiger partial charge in [0, 0.05) is 12.2 Å². The van der Waals surface area contributed by atoms with Crippen molar-refractivity contribution in [3.05, 3.63) is 24.9 Å². The summed E-state index contributed by atoms with van der Waals surface area (Å²) in [4.78, 5) is 0. The Bertz CT molecular complexity index is 118. The van der Waals surface area contributed by atoms with Crippen molar-refractivity contribution in [1.82, 2.24) is 5.01 Å². The first-order valence-corrected chi connectivity index (χ1v) is 3.54. The molecule has 2 heteroatoms. The summed E-state index contributed by atoms with van der Waals surface area (Å²) < 4.78 is 0. The minimum Gasteiger partial charge on any atom is -0.316 e. The van der Waals surface area contributed by atoms with E-state index in [1.807, 2.05) is 12.3 Å². The first-order valence-electron chi connectivity index (χ1n) is 3.54. The summed E-state index contributed by atoms with van der Waals surface area (Å²) in [5.74, 6) is 5.61. The Morgan fingerprint density at radius 1 is 1.70 bits per heavy atom. The fraction of sp³-hybridized carbons (Fsp3) is 0.500. The molecule has 0 aliphatic rings. The van der Waals surface area contributed by atoms with E-state index in [2.05, 4.69) is 20.4 Å². The average Bonchev–Trinajstić information content (AvgIpc) is 1.98. The van der Waals surface area contributed by atoms with Crippen molar-refractivity contribution in [2.75, 3.05) is 0 Å². The van der Waals surface area contributed by atoms with Gasteiger partial charge >= 0.3 is 0 Å². The van der Waals surface area contributed by atoms with Crippen LogP contribution in [0.15, 0.2) is 24.9 Å². The summed E-state index contributed by atoms with van der Waals surface area (Å²) in [5.41, 5.74) is 0. The van der Waals surface area contributed by atoms with Crippen LogP contribution < -0.4 is 5.84 Å². The van der Waals surface area contributed by atoms with Gasteiger partial charge in [-0.05, 0) is 19.4 Å². The number of hydrogen-bond acceptors (Lipinski definition) is 2. The van der Waals surface area contributed by atoms with Crippen molar-refractivity contribution >= 4 is 0 Å². The minimum atomic E-state index is 0.399. The zero-order valence-corrected chi connectivity index (χ0v) is 6.75. The van der Waals surface area contributed by atoms with Crippen LogP contribution in [0, 0.1) is 0 Å². The van der Waals surface area contributed by atoms with Crippen LogP contribution in [0.2, 0.25) is 0 Å². The van der Waals surface area contributed by atoms with E-state index >= 15 is 0 Å². The zero-order valence-electron chi connectivity index (χ0n) is 6.75. The molecule has 0 saturated heterocycles. The molecule has 58 valence electrons. The third-order valence-electron chi connectivity index (χ3n) is 1.49. The summed E-state index contributed by atoms with van der Waals surface area (Å²) in [6.07, 6.45) is 6.41. The zero-order chi connectivity index (χ0) is 7.98. The fourth-order valence-electron chi connectivity index (χ4n) is 0.518. The molecule has 2 N–H and O–H groups in total. The van der Waals surface area contributed by atoms with Gasteiger partial charge < -0.3 is 5.01 Å². The highest BCUT2D eigenvalue weighted by Gasteiger charge is 1.99. The highest BCUT2D eigenvalue weighted by Crippen LogP contribution is 1.96. The van der Waals surface area contributed by atoms with Gasteiger partial charge in [0.05, 0.1) is 0 Å². The molecule has 0 rings (SSSR count). The van der Waals surface area contributed by atoms with E-state index in [0.29, 0.717) is 6.04 Å². The molecule has 0 aliphatic carbocycles. The van der Waals surface area contributed by atoms with E-state index in [4.69, 9.17) is 5.84 Å². The molecule has 0 radical (unpaired) electrons. The van der Waals surface area contributed by atoms with E-state index < -0.39 is 0 Å². The molecule has 0 aromatic carbocycles. The van der Waals surface area contributed by atoms with E-state index in [9.17, 15) is 0 Å². The van der Waals surface area contributed by atoms with Gasteiger partial charge in [-0.1, -0.05) is 19.6 Å². The van der Waals surface area contributed by atoms with Gasteiger partial charge in [0.2, 0.25) is 0 Å². The number of hydrogen-bond donors (Lipinski definition) is 1. The van der Waals surface area contributed by atoms with Gasteiger partial charge in [0.1, 0.15) is 0 Å². The van der Waals surface area contributed by atoms with Crippen molar-refractivity contribution in [2.24, 2.45) is 5.84 Å². The molecule has 1 atom stereocenters. The summed E-state index contributed by atoms with van der Waals surface area (Å²) >= 11 is 0. The molecular weight excluding hydrogens is 124 g/mol. The molecular formula is C8H16N2. The van der Waals surface area contributed by atoms with Crippen LogP contribution in [0.25, 0.3) is 0 Å². The maximum absolute atomic E-state index is 5.61. The second-order valence-corrected chi connectivity index (χ2v) is 2.28. The molecule has 0 aromatic rings. The van der Waals surface area contributed by atoms with Crippen LogP contribution in [-0.4, -0.2) is 11.1 Å². The molecule has 0 bridgehead atoms. The highest BCUT2D eigenvalue weighted by atomic mass is 15.4. The molecule has 2 nitrogen and oxygen atoms in total. The van der Waals surface area contributed by atoms with Crippen LogP contribution in [0.1, 0.15) is 20.3 Å². The minimum absolute atomic E-state index is 0.399. The van der Waals surface area contributed by atoms with Crippen LogP contribution in [0.4, 0.5) is 0 Å². The third-order valence-corrected chi connectivity index (χ3v) is 1.49. The summed E-state index contributed by atoms with van der Waals surface area (Å²) in [6.45, 7) is 7.73. The van der Waals surface area contributed by atoms with E-state index in [1.54, 1.807) is 11.1 Å². The molecule has 0 amide bonds. The predicted octanol–water partition coefficient (Wildman–Crippen LogP) is 1.66. The van der Waals surface area contributed by atoms with Crippen molar-refractivity contribution in [3.63, 3.8) is 0 Å². The lowest BCUT2D eigenvalue weighted by Crippen LogP contribution is -2.33. The largest absolute Gasteiger partial charge is 0.316 e. The van der Waals surface area contributed by atoms with E-state index in [-0.39, 0.29) is 0 Å². The number of hydrazine groups is 1. The van der Waals surface area contributed by atoms with Crippen LogP contribution in [-0.2, 0) is 0 Å². The molecule has 1 unspecified atom stereocenters. The quantitative estimate of drug-likeness (QED) is 0.365. The highest BCUT2D eigenvalue weighted by molar-refractivity contribution is 4.96. The second kappa shape index (κ2) is 5.06. The van der Waals surface area contributed by atoms with Crippen LogP contribution in [0.3, 0.4) is 0 Å². The second-order valence-electron chi connectivity index (χ2n) is 2.28. The molecule has 0 saturated carbocycles. The predicted molar refractivity (Wildman–Crippen MR) is 45.1 cm³/mol. The molecule has 0 fully saturated rings. The van der Waals surface area contributed by atoms with Crippen molar-refractivity contribution in [1.29, 1.82) is 0 Å². The van der Waals surface area contributed by atoms with Crippen LogP contribution in [0.5, 0.6) is 0 Å². The normalized spacial score (nSPS) is 13.5. The molecule has 10 heavy (non-hydrogen) atoms. The lowest BCUT2D eigenvalue weighted by Gasteiger charge is -2.20. The topological polar surface area (TPSA) is 29.3 Å². The summed E-state index contributed by atoms with van der Waals surface area (Å²) in [5, 5.41) is 1.68. The Labute approximate surface area is 63.0 Å². The molecule has 0 aromatic heterocycles. The molecule has 0 aliphatic heterocycles. The van der Waals surface area contributed by atoms with Gasteiger partial charge in [-0.15, -0.1) is 0 Å². The Hall–Kier alpha value is -0.760. The van der Waals surface area contributed by atoms with Gasteiger partial charge in [-0.3, -0.25) is 0 Å². The Morgan fingerprint density at radius 3 is 2.70 bits per heavy atom. The monoisotopic (exact) mass is 140 g/mol. The summed E-state index contributed by atoms with van der Waals surface area (Å²) in [7, 11) is 0. The molecule has 0 heterocycles. The van der Waals surface area contributed by atoms with Gasteiger partial charge in [0.25, 0.3) is 0 Å². The Morgan fingerprint density at radius 2 is 2.30 bits per heavy atom. The number of nitrogens with two attached hydrogens (primary N) is 1. The number of nitrogens with zero attached hydrogens (tertiary/aromatic N) is 1. The van der Waals surface area contributed by atoms with Crippen molar-refractivity contribution in [3.8, 4) is 0 Å². The fourth-order valence-corrected chi connectivity index (χ4v) is 0.518. The average molecular weight is 140 g/mol. The van der Waals surface area contributed by atoms with Crippen molar-refractivity contribution < 1.29 is 0 Å². The van der Waals surface area contributed by atoms with Crippen molar-refractivity contribution in [2.45, 2.75) is 26.3 Å². The Balaban J connectivity index is 3.70. The number of rotatable bonds is 4. The Kier molecular flexibility index (Phi) is 4.67. The molecule has 0 spiro atoms. The van der Waals surface area contributed by atoms with Gasteiger partial charge in [-0.2, -0.15) is 0 Å². The third kappa shape index (κ3) is 3.30. The SMILES string of the molecule is C=C/C=C\N(N)C(C)CC. The maximum atomic E-state index is 5.61. The smallest absolute Gasteiger partial charge is 0.0414 e. The standard InChI is InChI=1S/C8H16N2/c1-4-6-7-10(9)8(3)5-2/h4,6-8H,1,5,9H2,2-3H3/b7-6-.